The molecule has 0 aliphatic rings. The third kappa shape index (κ3) is 6.11. The minimum atomic E-state index is -4.76. The summed E-state index contributed by atoms with van der Waals surface area (Å²) in [4.78, 5) is 12.1. The Morgan fingerprint density at radius 1 is 1.03 bits per heavy atom. The van der Waals surface area contributed by atoms with Crippen molar-refractivity contribution in [2.45, 2.75) is 11.4 Å². The third-order valence-corrected chi connectivity index (χ3v) is 4.67. The number of aromatic nitrogens is 2. The predicted molar refractivity (Wildman–Crippen MR) is 106 cm³/mol. The number of hydrogen-bond acceptors (Lipinski definition) is 6. The van der Waals surface area contributed by atoms with Crippen molar-refractivity contribution in [3.05, 3.63) is 60.7 Å². The maximum atomic E-state index is 12.2. The predicted octanol–water partition coefficient (Wildman–Crippen LogP) is 4.78. The van der Waals surface area contributed by atoms with Gasteiger partial charge in [-0.3, -0.25) is 4.79 Å². The van der Waals surface area contributed by atoms with E-state index < -0.39 is 6.36 Å². The quantitative estimate of drug-likeness (QED) is 0.539. The number of benzene rings is 2. The van der Waals surface area contributed by atoms with Crippen LogP contribution in [0.2, 0.25) is 0 Å². The second-order valence-electron chi connectivity index (χ2n) is 5.87. The summed E-state index contributed by atoms with van der Waals surface area (Å²) < 4.78 is 45.6. The molecule has 6 nitrogen and oxygen atoms in total. The van der Waals surface area contributed by atoms with E-state index >= 15 is 0 Å². The Bertz CT molecular complexity index is 997. The molecule has 156 valence electrons. The number of thioether (sulfide) groups is 1. The van der Waals surface area contributed by atoms with Crippen LogP contribution in [0, 0.1) is 0 Å². The molecule has 0 saturated carbocycles. The number of hydrogen-bond donors (Lipinski definition) is 1. The van der Waals surface area contributed by atoms with Crippen molar-refractivity contribution in [3.63, 3.8) is 0 Å². The number of nitrogens with one attached hydrogen (secondary N) is 1. The molecule has 1 N–H and O–H groups in total. The van der Waals surface area contributed by atoms with Gasteiger partial charge >= 0.3 is 6.36 Å². The number of alkyl halides is 3. The van der Waals surface area contributed by atoms with Crippen molar-refractivity contribution >= 4 is 23.4 Å². The van der Waals surface area contributed by atoms with Crippen LogP contribution in [0.3, 0.4) is 0 Å². The molecule has 1 aromatic heterocycles. The van der Waals surface area contributed by atoms with Gasteiger partial charge in [0.1, 0.15) is 16.5 Å². The third-order valence-electron chi connectivity index (χ3n) is 3.75. The topological polar surface area (TPSA) is 73.3 Å². The van der Waals surface area contributed by atoms with Crippen LogP contribution >= 0.6 is 11.8 Å². The first-order valence-electron chi connectivity index (χ1n) is 8.59. The van der Waals surface area contributed by atoms with E-state index in [2.05, 4.69) is 20.3 Å². The lowest BCUT2D eigenvalue weighted by atomic mass is 10.1. The van der Waals surface area contributed by atoms with E-state index in [1.165, 1.54) is 23.9 Å². The summed E-state index contributed by atoms with van der Waals surface area (Å²) in [5, 5.41) is 11.4. The summed E-state index contributed by atoms with van der Waals surface area (Å²) in [5.41, 5.74) is 1.80. The van der Waals surface area contributed by atoms with Gasteiger partial charge in [0.2, 0.25) is 5.91 Å². The molecule has 3 rings (SSSR count). The summed E-state index contributed by atoms with van der Waals surface area (Å²) >= 11 is 1.18. The molecule has 0 spiro atoms. The molecule has 0 aliphatic carbocycles. The standard InChI is InChI=1S/C20H16F3N3O3S/c1-28-17-5-3-2-4-15(17)16-10-11-19(26-25-16)30-12-18(27)24-13-6-8-14(9-7-13)29-20(21,22)23/h2-11H,12H2,1H3,(H,24,27). The highest BCUT2D eigenvalue weighted by Crippen LogP contribution is 2.28. The summed E-state index contributed by atoms with van der Waals surface area (Å²) in [6, 6.07) is 15.8. The van der Waals surface area contributed by atoms with Crippen molar-refractivity contribution in [2.24, 2.45) is 0 Å². The molecule has 30 heavy (non-hydrogen) atoms. The Kier molecular flexibility index (Phi) is 6.78. The lowest BCUT2D eigenvalue weighted by molar-refractivity contribution is -0.274. The maximum Gasteiger partial charge on any atom is 0.573 e. The van der Waals surface area contributed by atoms with Gasteiger partial charge in [0.15, 0.2) is 0 Å². The van der Waals surface area contributed by atoms with Gasteiger partial charge in [-0.25, -0.2) is 0 Å². The van der Waals surface area contributed by atoms with Crippen molar-refractivity contribution in [1.82, 2.24) is 10.2 Å². The van der Waals surface area contributed by atoms with E-state index in [0.29, 0.717) is 22.2 Å². The molecule has 3 aromatic rings. The Morgan fingerprint density at radius 2 is 1.77 bits per heavy atom. The first-order chi connectivity index (χ1) is 14.3. The number of nitrogens with zero attached hydrogens (tertiary/aromatic N) is 2. The SMILES string of the molecule is COc1ccccc1-c1ccc(SCC(=O)Nc2ccc(OC(F)(F)F)cc2)nn1. The number of methoxy groups -OCH3 is 1. The number of amides is 1. The molecule has 0 bridgehead atoms. The fourth-order valence-electron chi connectivity index (χ4n) is 2.47. The Morgan fingerprint density at radius 3 is 2.40 bits per heavy atom. The van der Waals surface area contributed by atoms with Gasteiger partial charge in [0.05, 0.1) is 18.6 Å². The van der Waals surface area contributed by atoms with Crippen LogP contribution in [0.15, 0.2) is 65.7 Å². The molecule has 1 amide bonds. The molecule has 0 radical (unpaired) electrons. The zero-order valence-electron chi connectivity index (χ0n) is 15.6. The molecule has 0 atom stereocenters. The minimum absolute atomic E-state index is 0.0590. The van der Waals surface area contributed by atoms with E-state index in [0.717, 1.165) is 17.7 Å². The molecule has 0 fully saturated rings. The highest BCUT2D eigenvalue weighted by atomic mass is 32.2. The first kappa shape index (κ1) is 21.4. The maximum absolute atomic E-state index is 12.2. The van der Waals surface area contributed by atoms with E-state index in [4.69, 9.17) is 4.74 Å². The molecular formula is C20H16F3N3O3S. The highest BCUT2D eigenvalue weighted by Gasteiger charge is 2.30. The van der Waals surface area contributed by atoms with Crippen molar-refractivity contribution < 1.29 is 27.4 Å². The highest BCUT2D eigenvalue weighted by molar-refractivity contribution is 7.99. The van der Waals surface area contributed by atoms with Gasteiger partial charge in [-0.05, 0) is 48.5 Å². The Labute approximate surface area is 174 Å². The molecule has 0 unspecified atom stereocenters. The Hall–Kier alpha value is -3.27. The molecule has 1 heterocycles. The van der Waals surface area contributed by atoms with Crippen LogP contribution in [-0.2, 0) is 4.79 Å². The van der Waals surface area contributed by atoms with E-state index in [-0.39, 0.29) is 17.4 Å². The summed E-state index contributed by atoms with van der Waals surface area (Å²) in [6.07, 6.45) is -4.76. The Balaban J connectivity index is 1.53. The fourth-order valence-corrected chi connectivity index (χ4v) is 3.09. The second kappa shape index (κ2) is 9.49. The smallest absolute Gasteiger partial charge is 0.496 e. The average Bonchev–Trinajstić information content (AvgIpc) is 2.73. The lowest BCUT2D eigenvalue weighted by Gasteiger charge is -2.10. The summed E-state index contributed by atoms with van der Waals surface area (Å²) in [5.74, 6) is 0.0438. The lowest BCUT2D eigenvalue weighted by Crippen LogP contribution is -2.17. The van der Waals surface area contributed by atoms with Gasteiger partial charge in [-0.1, -0.05) is 23.9 Å². The zero-order chi connectivity index (χ0) is 21.6. The molecule has 2 aromatic carbocycles. The van der Waals surface area contributed by atoms with Crippen LogP contribution in [0.1, 0.15) is 0 Å². The van der Waals surface area contributed by atoms with Crippen molar-refractivity contribution in [1.29, 1.82) is 0 Å². The summed E-state index contributed by atoms with van der Waals surface area (Å²) in [7, 11) is 1.58. The van der Waals surface area contributed by atoms with E-state index in [1.54, 1.807) is 19.2 Å². The first-order valence-corrected chi connectivity index (χ1v) is 9.58. The minimum Gasteiger partial charge on any atom is -0.496 e. The summed E-state index contributed by atoms with van der Waals surface area (Å²) in [6.45, 7) is 0. The van der Waals surface area contributed by atoms with Crippen molar-refractivity contribution in [2.75, 3.05) is 18.2 Å². The van der Waals surface area contributed by atoms with Crippen LogP contribution < -0.4 is 14.8 Å². The molecular weight excluding hydrogens is 419 g/mol. The normalized spacial score (nSPS) is 11.1. The van der Waals surface area contributed by atoms with Gasteiger partial charge < -0.3 is 14.8 Å². The van der Waals surface area contributed by atoms with Crippen LogP contribution in [0.5, 0.6) is 11.5 Å². The van der Waals surface area contributed by atoms with Crippen molar-refractivity contribution in [3.8, 4) is 22.8 Å². The number of carbonyl (C=O) groups excluding carboxylic acids is 1. The number of para-hydroxylation sites is 1. The van der Waals surface area contributed by atoms with Crippen LogP contribution in [-0.4, -0.2) is 35.3 Å². The fraction of sp³-hybridized carbons (Fsp3) is 0.150. The molecule has 0 aliphatic heterocycles. The van der Waals surface area contributed by atoms with Gasteiger partial charge in [-0.2, -0.15) is 0 Å². The van der Waals surface area contributed by atoms with E-state index in [9.17, 15) is 18.0 Å². The zero-order valence-corrected chi connectivity index (χ0v) is 16.5. The number of carbonyl (C=O) groups is 1. The number of ether oxygens (including phenoxy) is 2. The van der Waals surface area contributed by atoms with Gasteiger partial charge in [-0.15, -0.1) is 23.4 Å². The van der Waals surface area contributed by atoms with E-state index in [1.807, 2.05) is 24.3 Å². The van der Waals surface area contributed by atoms with Crippen LogP contribution in [0.25, 0.3) is 11.3 Å². The number of halogens is 3. The largest absolute Gasteiger partial charge is 0.573 e. The number of anilines is 1. The van der Waals surface area contributed by atoms with Crippen LogP contribution in [0.4, 0.5) is 18.9 Å². The monoisotopic (exact) mass is 435 g/mol. The van der Waals surface area contributed by atoms with Gasteiger partial charge in [0.25, 0.3) is 0 Å². The number of rotatable bonds is 7. The average molecular weight is 435 g/mol. The van der Waals surface area contributed by atoms with Gasteiger partial charge in [0, 0.05) is 11.3 Å². The molecule has 0 saturated heterocycles. The second-order valence-corrected chi connectivity index (χ2v) is 6.86. The molecule has 10 heteroatoms.